The lowest BCUT2D eigenvalue weighted by atomic mass is 10.0. The largest absolute Gasteiger partial charge is 0.497 e. The Labute approximate surface area is 174 Å². The van der Waals surface area contributed by atoms with Gasteiger partial charge >= 0.3 is 5.97 Å². The fourth-order valence-electron chi connectivity index (χ4n) is 3.46. The summed E-state index contributed by atoms with van der Waals surface area (Å²) in [6, 6.07) is 12.0. The zero-order valence-electron chi connectivity index (χ0n) is 17.0. The summed E-state index contributed by atoms with van der Waals surface area (Å²) in [5.41, 5.74) is 1.54. The van der Waals surface area contributed by atoms with Crippen molar-refractivity contribution in [2.24, 2.45) is 0 Å². The first-order chi connectivity index (χ1) is 14.5. The van der Waals surface area contributed by atoms with Crippen LogP contribution >= 0.6 is 0 Å². The number of hydrogen-bond donors (Lipinski definition) is 1. The summed E-state index contributed by atoms with van der Waals surface area (Å²) >= 11 is 0. The van der Waals surface area contributed by atoms with Crippen molar-refractivity contribution in [1.29, 1.82) is 0 Å². The first kappa shape index (κ1) is 21.5. The van der Waals surface area contributed by atoms with Crippen LogP contribution in [-0.4, -0.2) is 62.9 Å². The van der Waals surface area contributed by atoms with Crippen molar-refractivity contribution in [3.05, 3.63) is 63.7 Å². The number of carbonyl (C=O) groups is 1. The Bertz CT molecular complexity index is 881. The molecule has 9 nitrogen and oxygen atoms in total. The molecule has 0 spiro atoms. The molecule has 0 aliphatic carbocycles. The van der Waals surface area contributed by atoms with Gasteiger partial charge in [0, 0.05) is 37.5 Å². The minimum Gasteiger partial charge on any atom is -0.497 e. The number of benzene rings is 2. The predicted molar refractivity (Wildman–Crippen MR) is 111 cm³/mol. The standard InChI is InChI=1S/C21H25N3O6/c1-28-17-6-3-15(4-7-17)20(23-9-11-30-12-10-23)14-22-19-8-5-16(24(26)27)13-18(19)21(25)29-2/h3-8,13,20,22H,9-12,14H2,1-2H3. The number of nitrogens with zero attached hydrogens (tertiary/aromatic N) is 2. The second kappa shape index (κ2) is 10.0. The maximum atomic E-state index is 12.2. The van der Waals surface area contributed by atoms with Crippen molar-refractivity contribution < 1.29 is 23.9 Å². The van der Waals surface area contributed by atoms with E-state index in [4.69, 9.17) is 14.2 Å². The van der Waals surface area contributed by atoms with Crippen LogP contribution in [0.15, 0.2) is 42.5 Å². The molecule has 1 unspecified atom stereocenters. The third-order valence-electron chi connectivity index (χ3n) is 5.09. The molecule has 30 heavy (non-hydrogen) atoms. The van der Waals surface area contributed by atoms with E-state index in [0.29, 0.717) is 25.4 Å². The molecule has 0 bridgehead atoms. The van der Waals surface area contributed by atoms with Gasteiger partial charge in [0.2, 0.25) is 0 Å². The summed E-state index contributed by atoms with van der Waals surface area (Å²) in [6.07, 6.45) is 0. The Hall–Kier alpha value is -3.17. The number of non-ortho nitro benzene ring substituents is 1. The topological polar surface area (TPSA) is 103 Å². The van der Waals surface area contributed by atoms with E-state index in [1.54, 1.807) is 7.11 Å². The molecule has 0 radical (unpaired) electrons. The van der Waals surface area contributed by atoms with E-state index in [9.17, 15) is 14.9 Å². The van der Waals surface area contributed by atoms with E-state index in [1.807, 2.05) is 24.3 Å². The molecule has 9 heteroatoms. The smallest absolute Gasteiger partial charge is 0.340 e. The zero-order chi connectivity index (χ0) is 21.5. The van der Waals surface area contributed by atoms with Gasteiger partial charge in [-0.05, 0) is 23.8 Å². The van der Waals surface area contributed by atoms with Crippen molar-refractivity contribution in [3.8, 4) is 5.75 Å². The average molecular weight is 415 g/mol. The van der Waals surface area contributed by atoms with Gasteiger partial charge in [0.25, 0.3) is 5.69 Å². The van der Waals surface area contributed by atoms with Crippen LogP contribution in [-0.2, 0) is 9.47 Å². The van der Waals surface area contributed by atoms with Gasteiger partial charge in [0.15, 0.2) is 0 Å². The van der Waals surface area contributed by atoms with E-state index < -0.39 is 10.9 Å². The first-order valence-electron chi connectivity index (χ1n) is 9.60. The lowest BCUT2D eigenvalue weighted by Gasteiger charge is -2.35. The molecule has 2 aromatic carbocycles. The second-order valence-corrected chi connectivity index (χ2v) is 6.80. The molecule has 1 aliphatic rings. The first-order valence-corrected chi connectivity index (χ1v) is 9.60. The molecule has 1 atom stereocenters. The molecule has 0 amide bonds. The van der Waals surface area contributed by atoms with Gasteiger partial charge in [-0.25, -0.2) is 4.79 Å². The van der Waals surface area contributed by atoms with Crippen LogP contribution in [0, 0.1) is 10.1 Å². The van der Waals surface area contributed by atoms with Crippen LogP contribution in [0.3, 0.4) is 0 Å². The number of morpholine rings is 1. The van der Waals surface area contributed by atoms with Crippen LogP contribution in [0.5, 0.6) is 5.75 Å². The Balaban J connectivity index is 1.85. The van der Waals surface area contributed by atoms with E-state index in [1.165, 1.54) is 25.3 Å². The van der Waals surface area contributed by atoms with Crippen molar-refractivity contribution >= 4 is 17.3 Å². The molecule has 1 N–H and O–H groups in total. The lowest BCUT2D eigenvalue weighted by molar-refractivity contribution is -0.384. The minimum atomic E-state index is -0.631. The van der Waals surface area contributed by atoms with Gasteiger partial charge in [0.05, 0.1) is 44.0 Å². The van der Waals surface area contributed by atoms with Gasteiger partial charge in [-0.3, -0.25) is 15.0 Å². The molecule has 1 aliphatic heterocycles. The molecule has 0 saturated carbocycles. The fraction of sp³-hybridized carbons (Fsp3) is 0.381. The third-order valence-corrected chi connectivity index (χ3v) is 5.09. The summed E-state index contributed by atoms with van der Waals surface area (Å²) in [6.45, 7) is 3.36. The lowest BCUT2D eigenvalue weighted by Crippen LogP contribution is -2.41. The van der Waals surface area contributed by atoms with Crippen LogP contribution in [0.1, 0.15) is 22.0 Å². The Morgan fingerprint density at radius 3 is 2.50 bits per heavy atom. The number of nitro groups is 1. The molecular weight excluding hydrogens is 390 g/mol. The fourth-order valence-corrected chi connectivity index (χ4v) is 3.46. The highest BCUT2D eigenvalue weighted by molar-refractivity contribution is 5.96. The van der Waals surface area contributed by atoms with Gasteiger partial charge < -0.3 is 19.5 Å². The third kappa shape index (κ3) is 5.05. The highest BCUT2D eigenvalue weighted by Gasteiger charge is 2.24. The SMILES string of the molecule is COC(=O)c1cc([N+](=O)[O-])ccc1NCC(c1ccc(OC)cc1)N1CCOCC1. The van der Waals surface area contributed by atoms with Gasteiger partial charge in [-0.1, -0.05) is 12.1 Å². The number of nitro benzene ring substituents is 1. The quantitative estimate of drug-likeness (QED) is 0.399. The van der Waals surface area contributed by atoms with Crippen LogP contribution in [0.4, 0.5) is 11.4 Å². The number of hydrogen-bond acceptors (Lipinski definition) is 8. The molecule has 1 saturated heterocycles. The van der Waals surface area contributed by atoms with E-state index in [2.05, 4.69) is 10.2 Å². The second-order valence-electron chi connectivity index (χ2n) is 6.80. The number of ether oxygens (including phenoxy) is 3. The molecular formula is C21H25N3O6. The van der Waals surface area contributed by atoms with Crippen molar-refractivity contribution in [1.82, 2.24) is 4.90 Å². The maximum Gasteiger partial charge on any atom is 0.340 e. The van der Waals surface area contributed by atoms with Gasteiger partial charge in [-0.2, -0.15) is 0 Å². The number of nitrogens with one attached hydrogen (secondary N) is 1. The summed E-state index contributed by atoms with van der Waals surface area (Å²) < 4.78 is 15.5. The zero-order valence-corrected chi connectivity index (χ0v) is 17.0. The summed E-state index contributed by atoms with van der Waals surface area (Å²) in [4.78, 5) is 25.0. The Morgan fingerprint density at radius 1 is 1.20 bits per heavy atom. The van der Waals surface area contributed by atoms with Crippen LogP contribution in [0.25, 0.3) is 0 Å². The van der Waals surface area contributed by atoms with Crippen LogP contribution in [0.2, 0.25) is 0 Å². The normalized spacial score (nSPS) is 15.3. The highest BCUT2D eigenvalue weighted by atomic mass is 16.6. The number of carbonyl (C=O) groups excluding carboxylic acids is 1. The number of esters is 1. The molecule has 1 fully saturated rings. The summed E-state index contributed by atoms with van der Waals surface area (Å²) in [5.74, 6) is 0.143. The summed E-state index contributed by atoms with van der Waals surface area (Å²) in [7, 11) is 2.87. The van der Waals surface area contributed by atoms with Crippen molar-refractivity contribution in [2.45, 2.75) is 6.04 Å². The van der Waals surface area contributed by atoms with Crippen molar-refractivity contribution in [2.75, 3.05) is 52.4 Å². The Kier molecular flexibility index (Phi) is 7.21. The molecule has 2 aromatic rings. The molecule has 160 valence electrons. The summed E-state index contributed by atoms with van der Waals surface area (Å²) in [5, 5.41) is 14.4. The maximum absolute atomic E-state index is 12.2. The highest BCUT2D eigenvalue weighted by Crippen LogP contribution is 2.27. The van der Waals surface area contributed by atoms with E-state index >= 15 is 0 Å². The number of rotatable bonds is 8. The predicted octanol–water partition coefficient (Wildman–Crippen LogP) is 2.88. The van der Waals surface area contributed by atoms with Gasteiger partial charge in [-0.15, -0.1) is 0 Å². The molecule has 1 heterocycles. The molecule has 0 aromatic heterocycles. The average Bonchev–Trinajstić information content (AvgIpc) is 2.79. The van der Waals surface area contributed by atoms with E-state index in [0.717, 1.165) is 24.4 Å². The Morgan fingerprint density at radius 2 is 1.90 bits per heavy atom. The van der Waals surface area contributed by atoms with Gasteiger partial charge in [0.1, 0.15) is 5.75 Å². The van der Waals surface area contributed by atoms with E-state index in [-0.39, 0.29) is 17.3 Å². The minimum absolute atomic E-state index is 0.0143. The molecule has 3 rings (SSSR count). The van der Waals surface area contributed by atoms with Crippen LogP contribution < -0.4 is 10.1 Å². The van der Waals surface area contributed by atoms with Crippen molar-refractivity contribution in [3.63, 3.8) is 0 Å². The number of methoxy groups -OCH3 is 2. The number of anilines is 1. The monoisotopic (exact) mass is 415 g/mol.